The van der Waals surface area contributed by atoms with E-state index >= 15 is 0 Å². The summed E-state index contributed by atoms with van der Waals surface area (Å²) in [7, 11) is 1.60. The third-order valence-electron chi connectivity index (χ3n) is 4.06. The van der Waals surface area contributed by atoms with Gasteiger partial charge in [0, 0.05) is 22.8 Å². The van der Waals surface area contributed by atoms with Crippen molar-refractivity contribution < 1.29 is 14.3 Å². The first-order valence-corrected chi connectivity index (χ1v) is 8.16. The first-order chi connectivity index (χ1) is 13.0. The smallest absolute Gasteiger partial charge is 0.257 e. The minimum absolute atomic E-state index is 0.271. The maximum absolute atomic E-state index is 12.6. The molecule has 1 heterocycles. The predicted molar refractivity (Wildman–Crippen MR) is 102 cm³/mol. The van der Waals surface area contributed by atoms with E-state index in [1.807, 2.05) is 24.3 Å². The Morgan fingerprint density at radius 3 is 2.44 bits per heavy atom. The molecule has 27 heavy (non-hydrogen) atoms. The van der Waals surface area contributed by atoms with E-state index in [-0.39, 0.29) is 11.5 Å². The van der Waals surface area contributed by atoms with Gasteiger partial charge in [0.15, 0.2) is 0 Å². The Labute approximate surface area is 156 Å². The number of benzene rings is 2. The third kappa shape index (κ3) is 4.09. The second-order valence-corrected chi connectivity index (χ2v) is 5.87. The van der Waals surface area contributed by atoms with Gasteiger partial charge < -0.3 is 15.8 Å². The number of ether oxygens (including phenoxy) is 1. The average molecular weight is 362 g/mol. The van der Waals surface area contributed by atoms with Crippen LogP contribution in [0.4, 0.5) is 5.82 Å². The molecule has 3 rings (SSSR count). The number of carbonyl (C=O) groups is 2. The largest absolute Gasteiger partial charge is 0.497 e. The Hall–Kier alpha value is -3.74. The summed E-state index contributed by atoms with van der Waals surface area (Å²) in [6, 6.07) is 13.8. The molecule has 0 spiro atoms. The van der Waals surface area contributed by atoms with Gasteiger partial charge in [0.2, 0.25) is 5.91 Å². The highest BCUT2D eigenvalue weighted by atomic mass is 16.5. The number of hydrogen-bond donors (Lipinski definition) is 2. The number of nitrogens with two attached hydrogens (primary N) is 1. The molecule has 3 N–H and O–H groups in total. The topological polar surface area (TPSA) is 107 Å². The van der Waals surface area contributed by atoms with E-state index in [9.17, 15) is 9.59 Å². The van der Waals surface area contributed by atoms with Gasteiger partial charge in [-0.2, -0.15) is 0 Å². The molecule has 0 saturated carbocycles. The molecule has 1 aromatic heterocycles. The molecule has 136 valence electrons. The van der Waals surface area contributed by atoms with Crippen molar-refractivity contribution >= 4 is 17.6 Å². The van der Waals surface area contributed by atoms with Gasteiger partial charge in [0.05, 0.1) is 12.8 Å². The van der Waals surface area contributed by atoms with Crippen molar-refractivity contribution in [2.24, 2.45) is 5.73 Å². The normalized spacial score (nSPS) is 10.3. The lowest BCUT2D eigenvalue weighted by Crippen LogP contribution is -2.17. The van der Waals surface area contributed by atoms with Crippen LogP contribution in [0, 0.1) is 6.92 Å². The number of methoxy groups -OCH3 is 1. The molecule has 0 unspecified atom stereocenters. The summed E-state index contributed by atoms with van der Waals surface area (Å²) in [5.74, 6) is 0.124. The number of primary amides is 1. The number of rotatable bonds is 5. The van der Waals surface area contributed by atoms with Crippen molar-refractivity contribution in [1.82, 2.24) is 9.97 Å². The third-order valence-corrected chi connectivity index (χ3v) is 4.06. The first kappa shape index (κ1) is 18.1. The molecule has 2 aromatic carbocycles. The van der Waals surface area contributed by atoms with Crippen LogP contribution in [0.15, 0.2) is 54.9 Å². The number of carbonyl (C=O) groups excluding carboxylic acids is 2. The second-order valence-electron chi connectivity index (χ2n) is 5.87. The van der Waals surface area contributed by atoms with E-state index in [1.54, 1.807) is 32.2 Å². The monoisotopic (exact) mass is 362 g/mol. The number of aryl methyl sites for hydroxylation is 1. The first-order valence-electron chi connectivity index (χ1n) is 8.16. The number of nitrogens with zero attached hydrogens (tertiary/aromatic N) is 2. The van der Waals surface area contributed by atoms with Gasteiger partial charge in [-0.25, -0.2) is 9.97 Å². The molecule has 0 radical (unpaired) electrons. The van der Waals surface area contributed by atoms with Crippen molar-refractivity contribution in [2.45, 2.75) is 6.92 Å². The molecule has 7 nitrogen and oxygen atoms in total. The molecule has 0 saturated heterocycles. The molecule has 2 amide bonds. The summed E-state index contributed by atoms with van der Waals surface area (Å²) in [4.78, 5) is 32.3. The minimum Gasteiger partial charge on any atom is -0.497 e. The molecule has 0 fully saturated rings. The number of hydrogen-bond acceptors (Lipinski definition) is 5. The van der Waals surface area contributed by atoms with Crippen molar-refractivity contribution in [2.75, 3.05) is 12.4 Å². The average Bonchev–Trinajstić information content (AvgIpc) is 2.68. The Balaban J connectivity index is 1.85. The SMILES string of the molecule is COc1ccc(-c2cc(NC(=O)c3cc(C(N)=O)ccc3C)ncn2)cc1. The fraction of sp³-hybridized carbons (Fsp3) is 0.100. The van der Waals surface area contributed by atoms with Crippen LogP contribution in [0.2, 0.25) is 0 Å². The van der Waals surface area contributed by atoms with Crippen molar-refractivity contribution in [3.05, 3.63) is 71.5 Å². The van der Waals surface area contributed by atoms with E-state index in [0.29, 0.717) is 17.1 Å². The molecule has 0 aliphatic rings. The van der Waals surface area contributed by atoms with Gasteiger partial charge in [-0.05, 0) is 48.9 Å². The summed E-state index contributed by atoms with van der Waals surface area (Å²) in [6.45, 7) is 1.78. The van der Waals surface area contributed by atoms with Gasteiger partial charge in [-0.1, -0.05) is 6.07 Å². The lowest BCUT2D eigenvalue weighted by molar-refractivity contribution is 0.1000. The van der Waals surface area contributed by atoms with Gasteiger partial charge in [-0.3, -0.25) is 9.59 Å². The van der Waals surface area contributed by atoms with Crippen LogP contribution in [0.25, 0.3) is 11.3 Å². The number of anilines is 1. The van der Waals surface area contributed by atoms with Crippen LogP contribution in [-0.2, 0) is 0 Å². The van der Waals surface area contributed by atoms with Crippen molar-refractivity contribution in [1.29, 1.82) is 0 Å². The van der Waals surface area contributed by atoms with E-state index < -0.39 is 5.91 Å². The molecule has 0 aliphatic heterocycles. The van der Waals surface area contributed by atoms with Gasteiger partial charge >= 0.3 is 0 Å². The number of nitrogens with one attached hydrogen (secondary N) is 1. The summed E-state index contributed by atoms with van der Waals surface area (Å²) in [5.41, 5.74) is 8.16. The highest BCUT2D eigenvalue weighted by molar-refractivity contribution is 6.06. The predicted octanol–water partition coefficient (Wildman–Crippen LogP) is 2.81. The maximum atomic E-state index is 12.6. The lowest BCUT2D eigenvalue weighted by atomic mass is 10.0. The van der Waals surface area contributed by atoms with Gasteiger partial charge in [0.1, 0.15) is 17.9 Å². The Morgan fingerprint density at radius 2 is 1.78 bits per heavy atom. The maximum Gasteiger partial charge on any atom is 0.257 e. The van der Waals surface area contributed by atoms with Crippen LogP contribution in [-0.4, -0.2) is 28.9 Å². The van der Waals surface area contributed by atoms with Crippen LogP contribution in [0.1, 0.15) is 26.3 Å². The standard InChI is InChI=1S/C20H18N4O3/c1-12-3-4-14(19(21)25)9-16(12)20(26)24-18-10-17(22-11-23-18)13-5-7-15(27-2)8-6-13/h3-11H,1-2H3,(H2,21,25)(H,22,23,24,26). The van der Waals surface area contributed by atoms with Crippen LogP contribution >= 0.6 is 0 Å². The molecular formula is C20H18N4O3. The Morgan fingerprint density at radius 1 is 1.04 bits per heavy atom. The zero-order valence-corrected chi connectivity index (χ0v) is 14.9. The van der Waals surface area contributed by atoms with Crippen molar-refractivity contribution in [3.8, 4) is 17.0 Å². The van der Waals surface area contributed by atoms with E-state index in [1.165, 1.54) is 12.4 Å². The van der Waals surface area contributed by atoms with Crippen LogP contribution < -0.4 is 15.8 Å². The van der Waals surface area contributed by atoms with E-state index in [2.05, 4.69) is 15.3 Å². The highest BCUT2D eigenvalue weighted by Gasteiger charge is 2.13. The molecule has 0 aliphatic carbocycles. The number of aromatic nitrogens is 2. The Kier molecular flexibility index (Phi) is 5.12. The zero-order valence-electron chi connectivity index (χ0n) is 14.9. The summed E-state index contributed by atoms with van der Waals surface area (Å²) < 4.78 is 5.15. The number of amides is 2. The fourth-order valence-corrected chi connectivity index (χ4v) is 2.55. The summed E-state index contributed by atoms with van der Waals surface area (Å²) in [6.07, 6.45) is 1.38. The highest BCUT2D eigenvalue weighted by Crippen LogP contribution is 2.22. The van der Waals surface area contributed by atoms with Crippen LogP contribution in [0.5, 0.6) is 5.75 Å². The van der Waals surface area contributed by atoms with Gasteiger partial charge in [-0.15, -0.1) is 0 Å². The van der Waals surface area contributed by atoms with Crippen LogP contribution in [0.3, 0.4) is 0 Å². The lowest BCUT2D eigenvalue weighted by Gasteiger charge is -2.09. The quantitative estimate of drug-likeness (QED) is 0.726. The minimum atomic E-state index is -0.590. The molecule has 0 bridgehead atoms. The fourth-order valence-electron chi connectivity index (χ4n) is 2.55. The van der Waals surface area contributed by atoms with E-state index in [0.717, 1.165) is 16.9 Å². The van der Waals surface area contributed by atoms with Crippen molar-refractivity contribution in [3.63, 3.8) is 0 Å². The van der Waals surface area contributed by atoms with Gasteiger partial charge in [0.25, 0.3) is 5.91 Å². The summed E-state index contributed by atoms with van der Waals surface area (Å²) in [5, 5.41) is 2.73. The molecular weight excluding hydrogens is 344 g/mol. The summed E-state index contributed by atoms with van der Waals surface area (Å²) >= 11 is 0. The Bertz CT molecular complexity index is 1000. The molecule has 0 atom stereocenters. The van der Waals surface area contributed by atoms with E-state index in [4.69, 9.17) is 10.5 Å². The molecule has 3 aromatic rings. The second kappa shape index (κ2) is 7.65. The zero-order chi connectivity index (χ0) is 19.4. The molecule has 7 heteroatoms.